The number of H-pyrrole nitrogens is 1. The van der Waals surface area contributed by atoms with Crippen molar-refractivity contribution in [3.8, 4) is 5.75 Å². The van der Waals surface area contributed by atoms with Crippen LogP contribution in [0.4, 0.5) is 0 Å². The zero-order chi connectivity index (χ0) is 14.5. The third-order valence-corrected chi connectivity index (χ3v) is 2.97. The number of aromatic amines is 1. The van der Waals surface area contributed by atoms with Crippen LogP contribution in [0.15, 0.2) is 47.4 Å². The van der Waals surface area contributed by atoms with Crippen molar-refractivity contribution in [2.75, 3.05) is 14.2 Å². The number of aromatic nitrogens is 1. The van der Waals surface area contributed by atoms with E-state index in [0.29, 0.717) is 6.54 Å². The predicted molar refractivity (Wildman–Crippen MR) is 75.9 cm³/mol. The maximum Gasteiger partial charge on any atom is 0.260 e. The minimum Gasteiger partial charge on any atom is -0.497 e. The zero-order valence-electron chi connectivity index (χ0n) is 11.4. The Morgan fingerprint density at radius 1 is 1.25 bits per heavy atom. The molecule has 5 heteroatoms. The highest BCUT2D eigenvalue weighted by Crippen LogP contribution is 2.13. The number of rotatable bonds is 4. The van der Waals surface area contributed by atoms with Gasteiger partial charge in [-0.1, -0.05) is 12.1 Å². The van der Waals surface area contributed by atoms with Gasteiger partial charge in [0, 0.05) is 19.8 Å². The Bertz CT molecular complexity index is 647. The Morgan fingerprint density at radius 2 is 1.95 bits per heavy atom. The Hall–Kier alpha value is -2.56. The van der Waals surface area contributed by atoms with E-state index in [1.54, 1.807) is 20.2 Å². The molecule has 0 saturated carbocycles. The summed E-state index contributed by atoms with van der Waals surface area (Å²) in [6.45, 7) is 0.428. The van der Waals surface area contributed by atoms with E-state index in [-0.39, 0.29) is 17.0 Å². The van der Waals surface area contributed by atoms with Crippen LogP contribution in [-0.4, -0.2) is 29.9 Å². The van der Waals surface area contributed by atoms with E-state index in [4.69, 9.17) is 4.74 Å². The molecule has 0 unspecified atom stereocenters. The molecule has 0 aliphatic heterocycles. The second kappa shape index (κ2) is 6.06. The van der Waals surface area contributed by atoms with Gasteiger partial charge in [-0.05, 0) is 29.8 Å². The minimum absolute atomic E-state index is 0.142. The summed E-state index contributed by atoms with van der Waals surface area (Å²) >= 11 is 0. The van der Waals surface area contributed by atoms with Crippen LogP contribution in [0.3, 0.4) is 0 Å². The highest BCUT2D eigenvalue weighted by atomic mass is 16.5. The fourth-order valence-corrected chi connectivity index (χ4v) is 1.87. The second-order valence-corrected chi connectivity index (χ2v) is 4.42. The smallest absolute Gasteiger partial charge is 0.260 e. The van der Waals surface area contributed by atoms with Crippen molar-refractivity contribution < 1.29 is 9.53 Å². The molecule has 104 valence electrons. The van der Waals surface area contributed by atoms with Gasteiger partial charge < -0.3 is 14.6 Å². The van der Waals surface area contributed by atoms with Gasteiger partial charge in [-0.3, -0.25) is 9.59 Å². The van der Waals surface area contributed by atoms with Gasteiger partial charge in [-0.2, -0.15) is 0 Å². The van der Waals surface area contributed by atoms with E-state index in [9.17, 15) is 9.59 Å². The molecule has 0 atom stereocenters. The first-order valence-electron chi connectivity index (χ1n) is 6.18. The topological polar surface area (TPSA) is 62.4 Å². The van der Waals surface area contributed by atoms with E-state index in [2.05, 4.69) is 4.98 Å². The van der Waals surface area contributed by atoms with Crippen LogP contribution in [0.2, 0.25) is 0 Å². The molecule has 1 heterocycles. The molecule has 0 spiro atoms. The molecule has 1 N–H and O–H groups in total. The molecular formula is C15H16N2O3. The number of methoxy groups -OCH3 is 1. The molecular weight excluding hydrogens is 256 g/mol. The molecule has 0 aliphatic carbocycles. The van der Waals surface area contributed by atoms with Crippen molar-refractivity contribution >= 4 is 5.91 Å². The number of pyridine rings is 1. The molecule has 0 radical (unpaired) electrons. The quantitative estimate of drug-likeness (QED) is 0.920. The standard InChI is InChI=1S/C15H16N2O3/c1-17(10-11-5-7-12(20-2)8-6-11)15(19)13-4-3-9-16-14(13)18/h3-9H,10H2,1-2H3,(H,16,18). The van der Waals surface area contributed by atoms with Crippen molar-refractivity contribution in [2.24, 2.45) is 0 Å². The number of ether oxygens (including phenoxy) is 1. The number of amides is 1. The van der Waals surface area contributed by atoms with Gasteiger partial charge in [-0.15, -0.1) is 0 Å². The third kappa shape index (κ3) is 3.06. The number of hydrogen-bond acceptors (Lipinski definition) is 3. The molecule has 20 heavy (non-hydrogen) atoms. The van der Waals surface area contributed by atoms with E-state index < -0.39 is 0 Å². The first kappa shape index (κ1) is 13.9. The lowest BCUT2D eigenvalue weighted by molar-refractivity contribution is 0.0783. The van der Waals surface area contributed by atoms with Crippen molar-refractivity contribution in [3.63, 3.8) is 0 Å². The maximum atomic E-state index is 12.2. The molecule has 1 amide bonds. The molecule has 0 saturated heterocycles. The highest BCUT2D eigenvalue weighted by Gasteiger charge is 2.14. The number of hydrogen-bond donors (Lipinski definition) is 1. The van der Waals surface area contributed by atoms with Crippen LogP contribution >= 0.6 is 0 Å². The summed E-state index contributed by atoms with van der Waals surface area (Å²) < 4.78 is 5.08. The van der Waals surface area contributed by atoms with Gasteiger partial charge in [0.15, 0.2) is 0 Å². The number of nitrogens with one attached hydrogen (secondary N) is 1. The molecule has 1 aromatic carbocycles. The summed E-state index contributed by atoms with van der Waals surface area (Å²) in [5.74, 6) is 0.463. The molecule has 0 aliphatic rings. The lowest BCUT2D eigenvalue weighted by Gasteiger charge is -2.17. The van der Waals surface area contributed by atoms with Crippen molar-refractivity contribution in [1.82, 2.24) is 9.88 Å². The van der Waals surface area contributed by atoms with Gasteiger partial charge >= 0.3 is 0 Å². The first-order chi connectivity index (χ1) is 9.61. The predicted octanol–water partition coefficient (Wildman–Crippen LogP) is 1.66. The van der Waals surface area contributed by atoms with Gasteiger partial charge in [0.25, 0.3) is 11.5 Å². The second-order valence-electron chi connectivity index (χ2n) is 4.42. The number of benzene rings is 1. The van der Waals surface area contributed by atoms with Crippen molar-refractivity contribution in [3.05, 3.63) is 64.1 Å². The summed E-state index contributed by atoms with van der Waals surface area (Å²) in [7, 11) is 3.27. The van der Waals surface area contributed by atoms with Crippen LogP contribution in [0, 0.1) is 0 Å². The molecule has 2 rings (SSSR count). The molecule has 0 bridgehead atoms. The SMILES string of the molecule is COc1ccc(CN(C)C(=O)c2ccc[nH]c2=O)cc1. The summed E-state index contributed by atoms with van der Waals surface area (Å²) in [4.78, 5) is 27.8. The Balaban J connectivity index is 2.11. The normalized spacial score (nSPS) is 10.1. The van der Waals surface area contributed by atoms with E-state index >= 15 is 0 Å². The summed E-state index contributed by atoms with van der Waals surface area (Å²) in [5, 5.41) is 0. The Morgan fingerprint density at radius 3 is 2.55 bits per heavy atom. The van der Waals surface area contributed by atoms with Crippen LogP contribution < -0.4 is 10.3 Å². The summed E-state index contributed by atoms with van der Waals surface area (Å²) in [5.41, 5.74) is 0.733. The lowest BCUT2D eigenvalue weighted by Crippen LogP contribution is -2.31. The van der Waals surface area contributed by atoms with Gasteiger partial charge in [-0.25, -0.2) is 0 Å². The maximum absolute atomic E-state index is 12.2. The van der Waals surface area contributed by atoms with Gasteiger partial charge in [0.1, 0.15) is 11.3 Å². The average molecular weight is 272 g/mol. The highest BCUT2D eigenvalue weighted by molar-refractivity contribution is 5.93. The number of nitrogens with zero attached hydrogens (tertiary/aromatic N) is 1. The van der Waals surface area contributed by atoms with Crippen LogP contribution in [0.1, 0.15) is 15.9 Å². The van der Waals surface area contributed by atoms with Gasteiger partial charge in [0.2, 0.25) is 0 Å². The summed E-state index contributed by atoms with van der Waals surface area (Å²) in [6, 6.07) is 10.6. The fourth-order valence-electron chi connectivity index (χ4n) is 1.87. The van der Waals surface area contributed by atoms with Crippen LogP contribution in [-0.2, 0) is 6.54 Å². The van der Waals surface area contributed by atoms with E-state index in [1.165, 1.54) is 17.2 Å². The molecule has 1 aromatic heterocycles. The molecule has 0 fully saturated rings. The first-order valence-corrected chi connectivity index (χ1v) is 6.18. The number of carbonyl (C=O) groups excluding carboxylic acids is 1. The largest absolute Gasteiger partial charge is 0.497 e. The zero-order valence-corrected chi connectivity index (χ0v) is 11.4. The summed E-state index contributed by atoms with van der Waals surface area (Å²) in [6.07, 6.45) is 1.50. The monoisotopic (exact) mass is 272 g/mol. The Kier molecular flexibility index (Phi) is 4.20. The minimum atomic E-state index is -0.376. The molecule has 5 nitrogen and oxygen atoms in total. The van der Waals surface area contributed by atoms with Crippen LogP contribution in [0.5, 0.6) is 5.75 Å². The van der Waals surface area contributed by atoms with E-state index in [1.807, 2.05) is 24.3 Å². The lowest BCUT2D eigenvalue weighted by atomic mass is 10.2. The van der Waals surface area contributed by atoms with Crippen molar-refractivity contribution in [1.29, 1.82) is 0 Å². The molecule has 2 aromatic rings. The van der Waals surface area contributed by atoms with Crippen LogP contribution in [0.25, 0.3) is 0 Å². The third-order valence-electron chi connectivity index (χ3n) is 2.97. The van der Waals surface area contributed by atoms with Crippen molar-refractivity contribution in [2.45, 2.75) is 6.54 Å². The van der Waals surface area contributed by atoms with E-state index in [0.717, 1.165) is 11.3 Å². The average Bonchev–Trinajstić information content (AvgIpc) is 2.48. The van der Waals surface area contributed by atoms with Gasteiger partial charge in [0.05, 0.1) is 7.11 Å². The fraction of sp³-hybridized carbons (Fsp3) is 0.200. The Labute approximate surface area is 116 Å². The number of carbonyl (C=O) groups is 1.